The standard InChI is InChI=1S/C15H21NO4S/c1-3-5-6-10(4-2)9-21-11-7-12(14(17)18)13(15(19)20)16-8-11/h7-8,10H,3-6,9H2,1-2H3,(H,17,18)(H,19,20). The van der Waals surface area contributed by atoms with E-state index in [2.05, 4.69) is 18.8 Å². The van der Waals surface area contributed by atoms with Crippen LogP contribution in [0.15, 0.2) is 17.2 Å². The van der Waals surface area contributed by atoms with Crippen LogP contribution in [0.3, 0.4) is 0 Å². The van der Waals surface area contributed by atoms with Gasteiger partial charge in [-0.1, -0.05) is 33.1 Å². The summed E-state index contributed by atoms with van der Waals surface area (Å²) in [5.41, 5.74) is -0.668. The molecule has 1 aromatic heterocycles. The molecule has 1 rings (SSSR count). The third-order valence-electron chi connectivity index (χ3n) is 3.32. The van der Waals surface area contributed by atoms with Gasteiger partial charge in [0, 0.05) is 16.8 Å². The second kappa shape index (κ2) is 8.67. The van der Waals surface area contributed by atoms with Crippen molar-refractivity contribution in [2.24, 2.45) is 5.92 Å². The van der Waals surface area contributed by atoms with Crippen molar-refractivity contribution in [1.82, 2.24) is 4.98 Å². The van der Waals surface area contributed by atoms with E-state index in [9.17, 15) is 9.59 Å². The van der Waals surface area contributed by atoms with Crippen LogP contribution in [0.5, 0.6) is 0 Å². The Morgan fingerprint density at radius 1 is 1.29 bits per heavy atom. The van der Waals surface area contributed by atoms with E-state index in [4.69, 9.17) is 10.2 Å². The highest BCUT2D eigenvalue weighted by molar-refractivity contribution is 7.99. The average molecular weight is 311 g/mol. The molecule has 1 atom stereocenters. The maximum Gasteiger partial charge on any atom is 0.355 e. The summed E-state index contributed by atoms with van der Waals surface area (Å²) >= 11 is 1.54. The first-order chi connectivity index (χ1) is 9.99. The van der Waals surface area contributed by atoms with Gasteiger partial charge in [-0.3, -0.25) is 0 Å². The summed E-state index contributed by atoms with van der Waals surface area (Å²) in [6.45, 7) is 4.31. The number of hydrogen-bond donors (Lipinski definition) is 2. The van der Waals surface area contributed by atoms with Crippen molar-refractivity contribution >= 4 is 23.7 Å². The van der Waals surface area contributed by atoms with Crippen molar-refractivity contribution in [2.45, 2.75) is 44.4 Å². The molecule has 21 heavy (non-hydrogen) atoms. The molecular formula is C15H21NO4S. The molecule has 5 nitrogen and oxygen atoms in total. The smallest absolute Gasteiger partial charge is 0.355 e. The first kappa shape index (κ1) is 17.5. The van der Waals surface area contributed by atoms with Gasteiger partial charge in [0.05, 0.1) is 5.56 Å². The van der Waals surface area contributed by atoms with Crippen molar-refractivity contribution in [2.75, 3.05) is 5.75 Å². The second-order valence-corrected chi connectivity index (χ2v) is 6.00. The minimum absolute atomic E-state index is 0.255. The number of thioether (sulfide) groups is 1. The lowest BCUT2D eigenvalue weighted by Crippen LogP contribution is -2.10. The first-order valence-electron chi connectivity index (χ1n) is 7.09. The predicted octanol–water partition coefficient (Wildman–Crippen LogP) is 3.79. The number of hydrogen-bond acceptors (Lipinski definition) is 4. The fraction of sp³-hybridized carbons (Fsp3) is 0.533. The minimum Gasteiger partial charge on any atom is -0.478 e. The third kappa shape index (κ3) is 5.38. The largest absolute Gasteiger partial charge is 0.478 e. The maximum atomic E-state index is 11.1. The molecule has 1 aromatic rings. The second-order valence-electron chi connectivity index (χ2n) is 4.90. The first-order valence-corrected chi connectivity index (χ1v) is 8.07. The van der Waals surface area contributed by atoms with Gasteiger partial charge in [0.1, 0.15) is 0 Å². The summed E-state index contributed by atoms with van der Waals surface area (Å²) in [4.78, 5) is 26.5. The van der Waals surface area contributed by atoms with Crippen LogP contribution in [0, 0.1) is 5.92 Å². The fourth-order valence-electron chi connectivity index (χ4n) is 1.97. The van der Waals surface area contributed by atoms with Crippen molar-refractivity contribution in [3.05, 3.63) is 23.5 Å². The Kier molecular flexibility index (Phi) is 7.22. The Balaban J connectivity index is 2.78. The van der Waals surface area contributed by atoms with Gasteiger partial charge in [-0.05, 0) is 18.4 Å². The predicted molar refractivity (Wildman–Crippen MR) is 82.2 cm³/mol. The quantitative estimate of drug-likeness (QED) is 0.675. The number of carboxylic acid groups (broad SMARTS) is 2. The molecule has 0 bridgehead atoms. The van der Waals surface area contributed by atoms with E-state index in [1.54, 1.807) is 0 Å². The molecule has 0 aliphatic heterocycles. The lowest BCUT2D eigenvalue weighted by Gasteiger charge is -2.14. The summed E-state index contributed by atoms with van der Waals surface area (Å²) < 4.78 is 0. The molecular weight excluding hydrogens is 290 g/mol. The molecule has 0 aliphatic carbocycles. The van der Waals surface area contributed by atoms with Gasteiger partial charge in [0.2, 0.25) is 0 Å². The van der Waals surface area contributed by atoms with Gasteiger partial charge in [0.15, 0.2) is 5.69 Å². The van der Waals surface area contributed by atoms with Gasteiger partial charge in [-0.25, -0.2) is 14.6 Å². The highest BCUT2D eigenvalue weighted by Crippen LogP contribution is 2.26. The summed E-state index contributed by atoms with van der Waals surface area (Å²) in [5.74, 6) is -1.11. The van der Waals surface area contributed by atoms with Crippen LogP contribution < -0.4 is 0 Å². The molecule has 0 aliphatic rings. The summed E-state index contributed by atoms with van der Waals surface area (Å²) in [7, 11) is 0. The molecule has 0 spiro atoms. The lowest BCUT2D eigenvalue weighted by molar-refractivity contribution is 0.0646. The van der Waals surface area contributed by atoms with Crippen molar-refractivity contribution in [1.29, 1.82) is 0 Å². The molecule has 0 fully saturated rings. The zero-order valence-corrected chi connectivity index (χ0v) is 13.2. The van der Waals surface area contributed by atoms with E-state index >= 15 is 0 Å². The van der Waals surface area contributed by atoms with Crippen LogP contribution >= 0.6 is 11.8 Å². The number of carboxylic acids is 2. The fourth-order valence-corrected chi connectivity index (χ4v) is 3.13. The third-order valence-corrected chi connectivity index (χ3v) is 4.52. The van der Waals surface area contributed by atoms with Crippen LogP contribution in [-0.4, -0.2) is 32.9 Å². The van der Waals surface area contributed by atoms with E-state index in [1.807, 2.05) is 0 Å². The van der Waals surface area contributed by atoms with Gasteiger partial charge in [-0.2, -0.15) is 0 Å². The average Bonchev–Trinajstić information content (AvgIpc) is 2.47. The van der Waals surface area contributed by atoms with Gasteiger partial charge < -0.3 is 10.2 Å². The van der Waals surface area contributed by atoms with E-state index in [-0.39, 0.29) is 5.56 Å². The van der Waals surface area contributed by atoms with Crippen molar-refractivity contribution < 1.29 is 19.8 Å². The molecule has 0 amide bonds. The monoisotopic (exact) mass is 311 g/mol. The summed E-state index contributed by atoms with van der Waals surface area (Å²) in [6.07, 6.45) is 6.04. The Hall–Kier alpha value is -1.56. The number of unbranched alkanes of at least 4 members (excludes halogenated alkanes) is 1. The molecule has 0 saturated heterocycles. The Bertz CT molecular complexity index is 504. The molecule has 1 unspecified atom stereocenters. The number of pyridine rings is 1. The Labute approximate surface area is 128 Å². The van der Waals surface area contributed by atoms with Crippen LogP contribution in [-0.2, 0) is 0 Å². The maximum absolute atomic E-state index is 11.1. The van der Waals surface area contributed by atoms with Gasteiger partial charge in [-0.15, -0.1) is 11.8 Å². The summed E-state index contributed by atoms with van der Waals surface area (Å²) in [5, 5.41) is 18.0. The zero-order valence-electron chi connectivity index (χ0n) is 12.3. The number of carbonyl (C=O) groups is 2. The molecule has 0 radical (unpaired) electrons. The molecule has 116 valence electrons. The molecule has 1 heterocycles. The Morgan fingerprint density at radius 3 is 2.52 bits per heavy atom. The lowest BCUT2D eigenvalue weighted by atomic mass is 10.0. The topological polar surface area (TPSA) is 87.5 Å². The van der Waals surface area contributed by atoms with Crippen LogP contribution in [0.25, 0.3) is 0 Å². The van der Waals surface area contributed by atoms with E-state index in [0.29, 0.717) is 10.8 Å². The van der Waals surface area contributed by atoms with E-state index in [0.717, 1.165) is 18.6 Å². The Morgan fingerprint density at radius 2 is 2.00 bits per heavy atom. The highest BCUT2D eigenvalue weighted by Gasteiger charge is 2.18. The minimum atomic E-state index is -1.32. The molecule has 6 heteroatoms. The van der Waals surface area contributed by atoms with E-state index in [1.165, 1.54) is 36.9 Å². The molecule has 2 N–H and O–H groups in total. The molecule has 0 aromatic carbocycles. The molecule has 0 saturated carbocycles. The SMILES string of the molecule is CCCCC(CC)CSc1cnc(C(=O)O)c(C(=O)O)c1. The zero-order chi connectivity index (χ0) is 15.8. The van der Waals surface area contributed by atoms with Crippen LogP contribution in [0.1, 0.15) is 60.4 Å². The number of nitrogens with zero attached hydrogens (tertiary/aromatic N) is 1. The highest BCUT2D eigenvalue weighted by atomic mass is 32.2. The normalized spacial score (nSPS) is 12.1. The van der Waals surface area contributed by atoms with Crippen molar-refractivity contribution in [3.63, 3.8) is 0 Å². The van der Waals surface area contributed by atoms with Crippen molar-refractivity contribution in [3.8, 4) is 0 Å². The van der Waals surface area contributed by atoms with E-state index < -0.39 is 17.6 Å². The van der Waals surface area contributed by atoms with Crippen LogP contribution in [0.2, 0.25) is 0 Å². The number of aromatic carboxylic acids is 2. The van der Waals surface area contributed by atoms with Crippen LogP contribution in [0.4, 0.5) is 0 Å². The summed E-state index contributed by atoms with van der Waals surface area (Å²) in [6, 6.07) is 1.40. The number of rotatable bonds is 9. The van der Waals surface area contributed by atoms with Gasteiger partial charge >= 0.3 is 11.9 Å². The van der Waals surface area contributed by atoms with Gasteiger partial charge in [0.25, 0.3) is 0 Å². The number of aromatic nitrogens is 1.